The highest BCUT2D eigenvalue weighted by molar-refractivity contribution is 5.37. The summed E-state index contributed by atoms with van der Waals surface area (Å²) in [5.74, 6) is 0. The van der Waals surface area contributed by atoms with Crippen molar-refractivity contribution in [3.63, 3.8) is 0 Å². The average Bonchev–Trinajstić information content (AvgIpc) is 2.38. The van der Waals surface area contributed by atoms with Crippen molar-refractivity contribution < 1.29 is 9.53 Å². The molecule has 1 aliphatic heterocycles. The summed E-state index contributed by atoms with van der Waals surface area (Å²) in [6, 6.07) is 0.435. The molecule has 1 aliphatic rings. The van der Waals surface area contributed by atoms with Crippen LogP contribution in [0.2, 0.25) is 0 Å². The van der Waals surface area contributed by atoms with Gasteiger partial charge >= 0.3 is 0 Å². The third kappa shape index (κ3) is 9.30. The van der Waals surface area contributed by atoms with Crippen molar-refractivity contribution in [3.8, 4) is 0 Å². The molecule has 1 rings (SSSR count). The number of nitrogens with two attached hydrogens (primary N) is 1. The first kappa shape index (κ1) is 12.4. The second-order valence-corrected chi connectivity index (χ2v) is 4.08. The number of ether oxygens (including phenoxy) is 1. The molecule has 1 heterocycles. The van der Waals surface area contributed by atoms with Crippen LogP contribution >= 0.6 is 0 Å². The maximum Gasteiger partial charge on any atom is 0.293 e. The first-order valence-corrected chi connectivity index (χ1v) is 4.53. The SMILES string of the molecule is CC(C)(C)OC=O.NC1CCNC1. The maximum atomic E-state index is 9.60. The molecule has 1 saturated heterocycles. The third-order valence-corrected chi connectivity index (χ3v) is 1.50. The molecule has 1 atom stereocenters. The largest absolute Gasteiger partial charge is 0.462 e. The Balaban J connectivity index is 0.000000223. The molecule has 0 aromatic rings. The van der Waals surface area contributed by atoms with Gasteiger partial charge in [0.15, 0.2) is 0 Å². The van der Waals surface area contributed by atoms with Crippen LogP contribution in [0.4, 0.5) is 0 Å². The normalized spacial score (nSPS) is 21.7. The van der Waals surface area contributed by atoms with Crippen LogP contribution in [0.1, 0.15) is 27.2 Å². The van der Waals surface area contributed by atoms with Gasteiger partial charge in [0.1, 0.15) is 5.60 Å². The zero-order valence-corrected chi connectivity index (χ0v) is 8.67. The van der Waals surface area contributed by atoms with E-state index in [0.717, 1.165) is 19.5 Å². The van der Waals surface area contributed by atoms with Gasteiger partial charge < -0.3 is 15.8 Å². The van der Waals surface area contributed by atoms with E-state index in [0.29, 0.717) is 12.5 Å². The standard InChI is InChI=1S/C5H10O2.C4H10N2/c1-5(2,3)7-4-6;5-4-1-2-6-3-4/h4H,1-3H3;4,6H,1-3,5H2. The number of hydrogen-bond donors (Lipinski definition) is 2. The highest BCUT2D eigenvalue weighted by Crippen LogP contribution is 2.02. The van der Waals surface area contributed by atoms with Crippen molar-refractivity contribution in [1.82, 2.24) is 5.32 Å². The second-order valence-electron chi connectivity index (χ2n) is 4.08. The molecule has 0 spiro atoms. The van der Waals surface area contributed by atoms with E-state index in [1.165, 1.54) is 0 Å². The van der Waals surface area contributed by atoms with Crippen molar-refractivity contribution in [2.75, 3.05) is 13.1 Å². The Morgan fingerprint density at radius 2 is 2.15 bits per heavy atom. The molecule has 4 heteroatoms. The summed E-state index contributed by atoms with van der Waals surface area (Å²) in [7, 11) is 0. The van der Waals surface area contributed by atoms with Crippen LogP contribution in [-0.4, -0.2) is 31.2 Å². The summed E-state index contributed by atoms with van der Waals surface area (Å²) in [5, 5.41) is 3.15. The topological polar surface area (TPSA) is 64.3 Å². The van der Waals surface area contributed by atoms with Gasteiger partial charge in [-0.15, -0.1) is 0 Å². The van der Waals surface area contributed by atoms with Crippen molar-refractivity contribution in [3.05, 3.63) is 0 Å². The molecule has 0 aromatic heterocycles. The van der Waals surface area contributed by atoms with Gasteiger partial charge in [-0.1, -0.05) is 0 Å². The van der Waals surface area contributed by atoms with Crippen molar-refractivity contribution in [2.24, 2.45) is 5.73 Å². The van der Waals surface area contributed by atoms with Crippen LogP contribution in [-0.2, 0) is 9.53 Å². The number of hydrogen-bond acceptors (Lipinski definition) is 4. The van der Waals surface area contributed by atoms with Crippen LogP contribution in [0.5, 0.6) is 0 Å². The quantitative estimate of drug-likeness (QED) is 0.580. The lowest BCUT2D eigenvalue weighted by atomic mass is 10.2. The van der Waals surface area contributed by atoms with Crippen molar-refractivity contribution >= 4 is 6.47 Å². The minimum Gasteiger partial charge on any atom is -0.462 e. The van der Waals surface area contributed by atoms with Gasteiger partial charge in [-0.05, 0) is 33.7 Å². The van der Waals surface area contributed by atoms with Gasteiger partial charge in [-0.25, -0.2) is 0 Å². The van der Waals surface area contributed by atoms with E-state index in [4.69, 9.17) is 5.73 Å². The lowest BCUT2D eigenvalue weighted by molar-refractivity contribution is -0.138. The third-order valence-electron chi connectivity index (χ3n) is 1.50. The Bertz CT molecular complexity index is 137. The first-order chi connectivity index (χ1) is 5.95. The van der Waals surface area contributed by atoms with E-state index in [9.17, 15) is 4.79 Å². The molecule has 0 aromatic carbocycles. The molecule has 1 unspecified atom stereocenters. The van der Waals surface area contributed by atoms with Crippen LogP contribution in [0.15, 0.2) is 0 Å². The number of rotatable bonds is 1. The lowest BCUT2D eigenvalue weighted by Gasteiger charge is -2.14. The maximum absolute atomic E-state index is 9.60. The molecular weight excluding hydrogens is 168 g/mol. The molecule has 13 heavy (non-hydrogen) atoms. The Morgan fingerprint density at radius 3 is 2.23 bits per heavy atom. The molecule has 0 bridgehead atoms. The van der Waals surface area contributed by atoms with E-state index < -0.39 is 0 Å². The fraction of sp³-hybridized carbons (Fsp3) is 0.889. The summed E-state index contributed by atoms with van der Waals surface area (Å²) in [4.78, 5) is 9.60. The number of nitrogens with one attached hydrogen (secondary N) is 1. The molecular formula is C9H20N2O2. The predicted octanol–water partition coefficient (Wildman–Crippen LogP) is 0.265. The molecule has 4 nitrogen and oxygen atoms in total. The minimum absolute atomic E-state index is 0.318. The second kappa shape index (κ2) is 5.94. The van der Waals surface area contributed by atoms with Crippen LogP contribution in [0.3, 0.4) is 0 Å². The summed E-state index contributed by atoms with van der Waals surface area (Å²) in [6.07, 6.45) is 1.15. The molecule has 0 aliphatic carbocycles. The summed E-state index contributed by atoms with van der Waals surface area (Å²) in [5.41, 5.74) is 5.15. The van der Waals surface area contributed by atoms with Gasteiger partial charge in [0.2, 0.25) is 0 Å². The number of carbonyl (C=O) groups is 1. The van der Waals surface area contributed by atoms with Gasteiger partial charge in [0.25, 0.3) is 6.47 Å². The number of carbonyl (C=O) groups excluding carboxylic acids is 1. The Kier molecular flexibility index (Phi) is 5.66. The van der Waals surface area contributed by atoms with E-state index in [1.807, 2.05) is 20.8 Å². The Labute approximate surface area is 79.8 Å². The summed E-state index contributed by atoms with van der Waals surface area (Å²) < 4.78 is 4.55. The van der Waals surface area contributed by atoms with E-state index in [1.54, 1.807) is 0 Å². The van der Waals surface area contributed by atoms with Gasteiger partial charge in [0.05, 0.1) is 0 Å². The van der Waals surface area contributed by atoms with Crippen molar-refractivity contribution in [2.45, 2.75) is 38.8 Å². The predicted molar refractivity (Wildman–Crippen MR) is 52.4 cm³/mol. The minimum atomic E-state index is -0.318. The Hall–Kier alpha value is -0.610. The fourth-order valence-corrected chi connectivity index (χ4v) is 0.821. The molecule has 0 radical (unpaired) electrons. The van der Waals surface area contributed by atoms with Gasteiger partial charge in [0, 0.05) is 12.6 Å². The lowest BCUT2D eigenvalue weighted by Crippen LogP contribution is -2.21. The van der Waals surface area contributed by atoms with Crippen LogP contribution in [0, 0.1) is 0 Å². The summed E-state index contributed by atoms with van der Waals surface area (Å²) >= 11 is 0. The first-order valence-electron chi connectivity index (χ1n) is 4.53. The highest BCUT2D eigenvalue weighted by atomic mass is 16.5. The fourth-order valence-electron chi connectivity index (χ4n) is 0.821. The van der Waals surface area contributed by atoms with Gasteiger partial charge in [-0.3, -0.25) is 4.79 Å². The molecule has 0 amide bonds. The Morgan fingerprint density at radius 1 is 1.54 bits per heavy atom. The zero-order valence-electron chi connectivity index (χ0n) is 8.67. The monoisotopic (exact) mass is 188 g/mol. The van der Waals surface area contributed by atoms with Crippen molar-refractivity contribution in [1.29, 1.82) is 0 Å². The highest BCUT2D eigenvalue weighted by Gasteiger charge is 2.07. The van der Waals surface area contributed by atoms with Crippen LogP contribution in [0.25, 0.3) is 0 Å². The molecule has 78 valence electrons. The van der Waals surface area contributed by atoms with E-state index in [-0.39, 0.29) is 5.60 Å². The van der Waals surface area contributed by atoms with E-state index in [2.05, 4.69) is 10.1 Å². The zero-order chi connectivity index (χ0) is 10.3. The van der Waals surface area contributed by atoms with Gasteiger partial charge in [-0.2, -0.15) is 0 Å². The van der Waals surface area contributed by atoms with Crippen LogP contribution < -0.4 is 11.1 Å². The van der Waals surface area contributed by atoms with E-state index >= 15 is 0 Å². The molecule has 3 N–H and O–H groups in total. The molecule has 1 fully saturated rings. The smallest absolute Gasteiger partial charge is 0.293 e. The summed E-state index contributed by atoms with van der Waals surface area (Å²) in [6.45, 7) is 8.05. The molecule has 0 saturated carbocycles. The average molecular weight is 188 g/mol.